The van der Waals surface area contributed by atoms with Crippen molar-refractivity contribution in [1.29, 1.82) is 0 Å². The van der Waals surface area contributed by atoms with Crippen molar-refractivity contribution < 1.29 is 39.5 Å². The molecule has 0 spiro atoms. The van der Waals surface area contributed by atoms with Crippen molar-refractivity contribution in [1.82, 2.24) is 0 Å². The fourth-order valence-electron chi connectivity index (χ4n) is 4.15. The molecule has 2 N–H and O–H groups in total. The molecule has 0 saturated heterocycles. The number of anilines is 3. The Labute approximate surface area is 263 Å². The lowest BCUT2D eigenvalue weighted by Crippen LogP contribution is -2.38. The molecule has 0 aliphatic heterocycles. The third kappa shape index (κ3) is 8.07. The van der Waals surface area contributed by atoms with Gasteiger partial charge in [0.05, 0.1) is 32.7 Å². The number of benzene rings is 4. The molecule has 1 amide bonds. The number of ether oxygens (including phenoxy) is 1. The highest BCUT2D eigenvalue weighted by Gasteiger charge is 2.34. The van der Waals surface area contributed by atoms with Crippen molar-refractivity contribution in [3.63, 3.8) is 0 Å². The van der Waals surface area contributed by atoms with Crippen molar-refractivity contribution in [3.05, 3.63) is 107 Å². The van der Waals surface area contributed by atoms with Gasteiger partial charge in [-0.2, -0.15) is 13.2 Å². The maximum atomic E-state index is 13.7. The van der Waals surface area contributed by atoms with Gasteiger partial charge in [-0.05, 0) is 80.6 Å². The minimum absolute atomic E-state index is 0.0442. The second kappa shape index (κ2) is 13.4. The van der Waals surface area contributed by atoms with Gasteiger partial charge in [-0.3, -0.25) is 13.8 Å². The van der Waals surface area contributed by atoms with E-state index in [0.717, 1.165) is 34.1 Å². The van der Waals surface area contributed by atoms with Crippen molar-refractivity contribution in [2.45, 2.75) is 29.8 Å². The van der Waals surface area contributed by atoms with Crippen LogP contribution in [0.3, 0.4) is 0 Å². The van der Waals surface area contributed by atoms with E-state index in [1.165, 1.54) is 30.3 Å². The lowest BCUT2D eigenvalue weighted by molar-refractivity contribution is -0.137. The molecule has 0 aliphatic carbocycles. The summed E-state index contributed by atoms with van der Waals surface area (Å²) in [6, 6.07) is 19.8. The number of carbonyl (C=O) groups is 1. The zero-order valence-corrected chi connectivity index (χ0v) is 26.2. The largest absolute Gasteiger partial charge is 0.492 e. The van der Waals surface area contributed by atoms with Crippen LogP contribution in [0.25, 0.3) is 0 Å². The van der Waals surface area contributed by atoms with Crippen molar-refractivity contribution >= 4 is 54.6 Å². The van der Waals surface area contributed by atoms with Crippen LogP contribution in [0.2, 0.25) is 5.02 Å². The number of nitrogens with one attached hydrogen (secondary N) is 2. The van der Waals surface area contributed by atoms with Gasteiger partial charge in [0, 0.05) is 11.4 Å². The van der Waals surface area contributed by atoms with E-state index in [9.17, 15) is 34.8 Å². The Balaban J connectivity index is 1.56. The summed E-state index contributed by atoms with van der Waals surface area (Å²) in [5, 5.41) is 1.96. The maximum absolute atomic E-state index is 13.7. The molecular formula is C30H27ClF3N3O6S2. The summed E-state index contributed by atoms with van der Waals surface area (Å²) >= 11 is 5.60. The molecule has 0 fully saturated rings. The third-order valence-corrected chi connectivity index (χ3v) is 9.80. The van der Waals surface area contributed by atoms with Crippen molar-refractivity contribution in [2.75, 3.05) is 27.5 Å². The summed E-state index contributed by atoms with van der Waals surface area (Å²) in [6.45, 7) is 3.13. The van der Waals surface area contributed by atoms with Gasteiger partial charge in [-0.15, -0.1) is 0 Å². The van der Waals surface area contributed by atoms with Crippen molar-refractivity contribution in [2.24, 2.45) is 0 Å². The Morgan fingerprint density at radius 1 is 0.867 bits per heavy atom. The fourth-order valence-corrected chi connectivity index (χ4v) is 6.85. The van der Waals surface area contributed by atoms with E-state index in [1.807, 2.05) is 0 Å². The van der Waals surface area contributed by atoms with Crippen LogP contribution in [-0.2, 0) is 31.0 Å². The van der Waals surface area contributed by atoms with Gasteiger partial charge in [0.2, 0.25) is 5.91 Å². The van der Waals surface area contributed by atoms with E-state index in [-0.39, 0.29) is 39.2 Å². The summed E-state index contributed by atoms with van der Waals surface area (Å²) in [6.07, 6.45) is -4.79. The molecule has 0 bridgehead atoms. The average molecular weight is 682 g/mol. The van der Waals surface area contributed by atoms with E-state index in [1.54, 1.807) is 44.2 Å². The minimum Gasteiger partial charge on any atom is -0.492 e. The fraction of sp³-hybridized carbons (Fsp3) is 0.167. The topological polar surface area (TPSA) is 122 Å². The standard InChI is InChI=1S/C30H27ClF3N3O6S2/c1-3-43-28-7-5-4-6-27(28)37(45(41,42)24-13-8-20(2)9-14-24)19-29(38)35-21-10-15-23(16-11-21)44(39,40)36-22-12-17-26(31)25(18-22)30(32,33)34/h4-18,36H,3,19H2,1-2H3,(H,35,38). The zero-order chi connectivity index (χ0) is 33.0. The number of hydrogen-bond acceptors (Lipinski definition) is 6. The van der Waals surface area contributed by atoms with Gasteiger partial charge in [-0.1, -0.05) is 41.4 Å². The number of aryl methyl sites for hydroxylation is 1. The Kier molecular flexibility index (Phi) is 10.00. The number of hydrogen-bond donors (Lipinski definition) is 2. The van der Waals surface area contributed by atoms with Crippen LogP contribution < -0.4 is 19.1 Å². The molecule has 4 aromatic rings. The second-order valence-electron chi connectivity index (χ2n) is 9.60. The molecule has 4 aromatic carbocycles. The van der Waals surface area contributed by atoms with E-state index < -0.39 is 49.3 Å². The number of carbonyl (C=O) groups excluding carboxylic acids is 1. The van der Waals surface area contributed by atoms with Crippen LogP contribution in [0.1, 0.15) is 18.1 Å². The Bertz CT molecular complexity index is 1900. The molecule has 9 nitrogen and oxygen atoms in total. The minimum atomic E-state index is -4.79. The number of para-hydroxylation sites is 2. The molecule has 238 valence electrons. The first-order chi connectivity index (χ1) is 21.1. The smallest absolute Gasteiger partial charge is 0.417 e. The Morgan fingerprint density at radius 2 is 1.47 bits per heavy atom. The van der Waals surface area contributed by atoms with Crippen LogP contribution >= 0.6 is 11.6 Å². The number of halogens is 4. The summed E-state index contributed by atoms with van der Waals surface area (Å²) in [5.74, 6) is -0.500. The van der Waals surface area contributed by atoms with E-state index in [2.05, 4.69) is 10.0 Å². The van der Waals surface area contributed by atoms with Gasteiger partial charge >= 0.3 is 6.18 Å². The van der Waals surface area contributed by atoms with E-state index in [4.69, 9.17) is 16.3 Å². The molecular weight excluding hydrogens is 655 g/mol. The quantitative estimate of drug-likeness (QED) is 0.182. The highest BCUT2D eigenvalue weighted by molar-refractivity contribution is 7.93. The van der Waals surface area contributed by atoms with Crippen molar-refractivity contribution in [3.8, 4) is 5.75 Å². The molecule has 4 rings (SSSR count). The van der Waals surface area contributed by atoms with E-state index >= 15 is 0 Å². The zero-order valence-electron chi connectivity index (χ0n) is 23.8. The molecule has 0 aromatic heterocycles. The molecule has 45 heavy (non-hydrogen) atoms. The Morgan fingerprint density at radius 3 is 2.09 bits per heavy atom. The summed E-state index contributed by atoms with van der Waals surface area (Å²) in [4.78, 5) is 12.8. The van der Waals surface area contributed by atoms with Gasteiger partial charge in [0.1, 0.15) is 12.3 Å². The second-order valence-corrected chi connectivity index (χ2v) is 13.5. The van der Waals surface area contributed by atoms with Crippen LogP contribution in [-0.4, -0.2) is 35.9 Å². The molecule has 0 unspecified atom stereocenters. The van der Waals surface area contributed by atoms with Crippen LogP contribution in [0.15, 0.2) is 101 Å². The molecule has 0 saturated carbocycles. The number of alkyl halides is 3. The number of amides is 1. The highest BCUT2D eigenvalue weighted by atomic mass is 35.5. The van der Waals surface area contributed by atoms with Gasteiger partial charge < -0.3 is 10.1 Å². The van der Waals surface area contributed by atoms with Gasteiger partial charge in [0.15, 0.2) is 0 Å². The predicted octanol–water partition coefficient (Wildman–Crippen LogP) is 6.70. The molecule has 0 aliphatic rings. The normalized spacial score (nSPS) is 12.0. The monoisotopic (exact) mass is 681 g/mol. The van der Waals surface area contributed by atoms with E-state index in [0.29, 0.717) is 6.07 Å². The number of rotatable bonds is 11. The van der Waals surface area contributed by atoms with Gasteiger partial charge in [-0.25, -0.2) is 16.8 Å². The molecule has 0 radical (unpaired) electrons. The Hall–Kier alpha value is -4.27. The number of nitrogens with zero attached hydrogens (tertiary/aromatic N) is 1. The van der Waals surface area contributed by atoms with Crippen LogP contribution in [0.5, 0.6) is 5.75 Å². The SMILES string of the molecule is CCOc1ccccc1N(CC(=O)Nc1ccc(S(=O)(=O)Nc2ccc(Cl)c(C(F)(F)F)c2)cc1)S(=O)(=O)c1ccc(C)cc1. The lowest BCUT2D eigenvalue weighted by Gasteiger charge is -2.26. The van der Waals surface area contributed by atoms with Gasteiger partial charge in [0.25, 0.3) is 20.0 Å². The first-order valence-corrected chi connectivity index (χ1v) is 16.5. The third-order valence-electron chi connectivity index (χ3n) is 6.30. The molecule has 0 atom stereocenters. The first kappa shape index (κ1) is 33.6. The lowest BCUT2D eigenvalue weighted by atomic mass is 10.2. The predicted molar refractivity (Wildman–Crippen MR) is 166 cm³/mol. The average Bonchev–Trinajstić information content (AvgIpc) is 2.97. The summed E-state index contributed by atoms with van der Waals surface area (Å²) in [5.41, 5.74) is -0.446. The van der Waals surface area contributed by atoms with Crippen LogP contribution in [0.4, 0.5) is 30.2 Å². The summed E-state index contributed by atoms with van der Waals surface area (Å²) in [7, 11) is -8.57. The molecule has 15 heteroatoms. The summed E-state index contributed by atoms with van der Waals surface area (Å²) < 4.78 is 101. The highest BCUT2D eigenvalue weighted by Crippen LogP contribution is 2.37. The maximum Gasteiger partial charge on any atom is 0.417 e. The van der Waals surface area contributed by atoms with Crippen LogP contribution in [0, 0.1) is 6.92 Å². The molecule has 0 heterocycles. The first-order valence-electron chi connectivity index (χ1n) is 13.2. The number of sulfonamides is 2.